The third kappa shape index (κ3) is 1.89. The van der Waals surface area contributed by atoms with Crippen molar-refractivity contribution < 1.29 is 0 Å². The van der Waals surface area contributed by atoms with E-state index in [4.69, 9.17) is 5.73 Å². The molecule has 0 aliphatic heterocycles. The quantitative estimate of drug-likeness (QED) is 0.802. The predicted molar refractivity (Wildman–Crippen MR) is 67.6 cm³/mol. The van der Waals surface area contributed by atoms with Crippen LogP contribution in [0.5, 0.6) is 0 Å². The molecule has 2 N–H and O–H groups in total. The Bertz CT molecular complexity index is 367. The molecule has 86 valence electrons. The van der Waals surface area contributed by atoms with Gasteiger partial charge in [0.05, 0.1) is 0 Å². The molecule has 3 rings (SSSR count). The van der Waals surface area contributed by atoms with Crippen molar-refractivity contribution in [2.45, 2.75) is 56.4 Å². The first-order valence-corrected chi connectivity index (χ1v) is 6.68. The number of rotatable bonds is 2. The first kappa shape index (κ1) is 10.3. The van der Waals surface area contributed by atoms with E-state index in [1.165, 1.54) is 44.1 Å². The molecule has 1 heteroatoms. The smallest absolute Gasteiger partial charge is 0.00448 e. The highest BCUT2D eigenvalue weighted by Crippen LogP contribution is 2.39. The van der Waals surface area contributed by atoms with E-state index >= 15 is 0 Å². The van der Waals surface area contributed by atoms with Crippen LogP contribution in [0.15, 0.2) is 24.3 Å². The van der Waals surface area contributed by atoms with Gasteiger partial charge in [-0.05, 0) is 55.1 Å². The maximum atomic E-state index is 6.00. The predicted octanol–water partition coefficient (Wildman–Crippen LogP) is 3.55. The molecule has 1 aromatic carbocycles. The molecule has 0 aromatic heterocycles. The molecule has 2 saturated carbocycles. The Labute approximate surface area is 98.0 Å². The van der Waals surface area contributed by atoms with Crippen LogP contribution >= 0.6 is 0 Å². The minimum absolute atomic E-state index is 0.442. The van der Waals surface area contributed by atoms with Gasteiger partial charge in [0.1, 0.15) is 0 Å². The molecular weight excluding hydrogens is 194 g/mol. The number of hydrogen-bond donors (Lipinski definition) is 1. The van der Waals surface area contributed by atoms with Crippen LogP contribution < -0.4 is 5.73 Å². The normalized spacial score (nSPS) is 30.3. The van der Waals surface area contributed by atoms with Crippen LogP contribution in [0.3, 0.4) is 0 Å². The molecule has 16 heavy (non-hydrogen) atoms. The molecule has 0 radical (unpaired) electrons. The molecule has 2 unspecified atom stereocenters. The van der Waals surface area contributed by atoms with Crippen molar-refractivity contribution in [3.05, 3.63) is 35.4 Å². The second-order valence-corrected chi connectivity index (χ2v) is 5.57. The lowest BCUT2D eigenvalue weighted by molar-refractivity contribution is 0.419. The molecule has 0 heterocycles. The van der Waals surface area contributed by atoms with Crippen molar-refractivity contribution in [3.8, 4) is 0 Å². The minimum Gasteiger partial charge on any atom is -0.328 e. The Morgan fingerprint density at radius 1 is 0.938 bits per heavy atom. The largest absolute Gasteiger partial charge is 0.328 e. The van der Waals surface area contributed by atoms with E-state index in [-0.39, 0.29) is 0 Å². The SMILES string of the molecule is NC1CCC(c2cccc(C3CCC3)c2)C1. The van der Waals surface area contributed by atoms with Crippen LogP contribution in [0.25, 0.3) is 0 Å². The summed E-state index contributed by atoms with van der Waals surface area (Å²) in [5.74, 6) is 1.59. The van der Waals surface area contributed by atoms with Crippen molar-refractivity contribution in [1.82, 2.24) is 0 Å². The standard InChI is InChI=1S/C15H21N/c16-15-8-7-14(10-15)13-6-2-5-12(9-13)11-3-1-4-11/h2,5-6,9,11,14-15H,1,3-4,7-8,10,16H2. The van der Waals surface area contributed by atoms with Crippen LogP contribution in [0.4, 0.5) is 0 Å². The lowest BCUT2D eigenvalue weighted by atomic mass is 9.79. The Hall–Kier alpha value is -0.820. The number of nitrogens with two attached hydrogens (primary N) is 1. The van der Waals surface area contributed by atoms with Crippen LogP contribution in [-0.2, 0) is 0 Å². The van der Waals surface area contributed by atoms with Gasteiger partial charge in [0.2, 0.25) is 0 Å². The summed E-state index contributed by atoms with van der Waals surface area (Å²) in [6.07, 6.45) is 7.90. The third-order valence-electron chi connectivity index (χ3n) is 4.43. The highest BCUT2D eigenvalue weighted by molar-refractivity contribution is 5.30. The lowest BCUT2D eigenvalue weighted by Gasteiger charge is -2.26. The van der Waals surface area contributed by atoms with Crippen LogP contribution in [0.2, 0.25) is 0 Å². The van der Waals surface area contributed by atoms with Gasteiger partial charge >= 0.3 is 0 Å². The average Bonchev–Trinajstić information content (AvgIpc) is 2.63. The van der Waals surface area contributed by atoms with E-state index in [1.807, 2.05) is 0 Å². The zero-order valence-corrected chi connectivity index (χ0v) is 9.86. The van der Waals surface area contributed by atoms with Gasteiger partial charge in [-0.15, -0.1) is 0 Å². The Balaban J connectivity index is 1.79. The molecule has 0 saturated heterocycles. The van der Waals surface area contributed by atoms with E-state index in [0.29, 0.717) is 6.04 Å². The molecule has 2 fully saturated rings. The Kier molecular flexibility index (Phi) is 2.72. The monoisotopic (exact) mass is 215 g/mol. The summed E-state index contributed by atoms with van der Waals surface area (Å²) in [6.45, 7) is 0. The highest BCUT2D eigenvalue weighted by atomic mass is 14.6. The molecule has 0 spiro atoms. The zero-order valence-electron chi connectivity index (χ0n) is 9.86. The van der Waals surface area contributed by atoms with Gasteiger partial charge in [0.15, 0.2) is 0 Å². The molecule has 1 nitrogen and oxygen atoms in total. The topological polar surface area (TPSA) is 26.0 Å². The molecule has 2 aliphatic rings. The molecule has 2 aliphatic carbocycles. The third-order valence-corrected chi connectivity index (χ3v) is 4.43. The summed E-state index contributed by atoms with van der Waals surface area (Å²) >= 11 is 0. The maximum absolute atomic E-state index is 6.00. The van der Waals surface area contributed by atoms with Gasteiger partial charge in [-0.2, -0.15) is 0 Å². The first-order chi connectivity index (χ1) is 7.83. The minimum atomic E-state index is 0.442. The summed E-state index contributed by atoms with van der Waals surface area (Å²) in [6, 6.07) is 9.74. The van der Waals surface area contributed by atoms with E-state index in [9.17, 15) is 0 Å². The molecular formula is C15H21N. The van der Waals surface area contributed by atoms with E-state index in [0.717, 1.165) is 11.8 Å². The fraction of sp³-hybridized carbons (Fsp3) is 0.600. The Morgan fingerprint density at radius 2 is 1.69 bits per heavy atom. The van der Waals surface area contributed by atoms with Gasteiger partial charge in [-0.25, -0.2) is 0 Å². The van der Waals surface area contributed by atoms with Crippen molar-refractivity contribution >= 4 is 0 Å². The van der Waals surface area contributed by atoms with E-state index in [1.54, 1.807) is 5.56 Å². The van der Waals surface area contributed by atoms with Gasteiger partial charge in [-0.1, -0.05) is 30.7 Å². The van der Waals surface area contributed by atoms with Crippen molar-refractivity contribution in [2.75, 3.05) is 0 Å². The summed E-state index contributed by atoms with van der Waals surface area (Å²) < 4.78 is 0. The number of hydrogen-bond acceptors (Lipinski definition) is 1. The highest BCUT2D eigenvalue weighted by Gasteiger charge is 2.25. The van der Waals surface area contributed by atoms with Crippen LogP contribution in [0, 0.1) is 0 Å². The zero-order chi connectivity index (χ0) is 11.0. The molecule has 0 bridgehead atoms. The molecule has 1 aromatic rings. The first-order valence-electron chi connectivity index (χ1n) is 6.68. The molecule has 0 amide bonds. The summed E-state index contributed by atoms with van der Waals surface area (Å²) in [4.78, 5) is 0. The van der Waals surface area contributed by atoms with E-state index < -0.39 is 0 Å². The number of benzene rings is 1. The fourth-order valence-corrected chi connectivity index (χ4v) is 3.13. The van der Waals surface area contributed by atoms with Crippen LogP contribution in [0.1, 0.15) is 61.5 Å². The fourth-order valence-electron chi connectivity index (χ4n) is 3.13. The van der Waals surface area contributed by atoms with Gasteiger partial charge in [-0.3, -0.25) is 0 Å². The average molecular weight is 215 g/mol. The van der Waals surface area contributed by atoms with Gasteiger partial charge in [0, 0.05) is 6.04 Å². The molecule has 2 atom stereocenters. The second-order valence-electron chi connectivity index (χ2n) is 5.57. The van der Waals surface area contributed by atoms with Crippen molar-refractivity contribution in [1.29, 1.82) is 0 Å². The summed E-state index contributed by atoms with van der Waals surface area (Å²) in [5, 5.41) is 0. The second kappa shape index (κ2) is 4.21. The Morgan fingerprint density at radius 3 is 2.25 bits per heavy atom. The lowest BCUT2D eigenvalue weighted by Crippen LogP contribution is -2.14. The summed E-state index contributed by atoms with van der Waals surface area (Å²) in [7, 11) is 0. The van der Waals surface area contributed by atoms with E-state index in [2.05, 4.69) is 24.3 Å². The van der Waals surface area contributed by atoms with Crippen molar-refractivity contribution in [2.24, 2.45) is 5.73 Å². The van der Waals surface area contributed by atoms with Crippen molar-refractivity contribution in [3.63, 3.8) is 0 Å². The van der Waals surface area contributed by atoms with Gasteiger partial charge < -0.3 is 5.73 Å². The van der Waals surface area contributed by atoms with Crippen LogP contribution in [-0.4, -0.2) is 6.04 Å². The maximum Gasteiger partial charge on any atom is 0.00448 e. The summed E-state index contributed by atoms with van der Waals surface area (Å²) in [5.41, 5.74) is 9.11. The van der Waals surface area contributed by atoms with Gasteiger partial charge in [0.25, 0.3) is 0 Å².